The zero-order valence-electron chi connectivity index (χ0n) is 13.5. The van der Waals surface area contributed by atoms with Gasteiger partial charge < -0.3 is 19.5 Å². The van der Waals surface area contributed by atoms with Crippen LogP contribution in [-0.2, 0) is 9.47 Å². The molecule has 0 bridgehead atoms. The predicted octanol–water partition coefficient (Wildman–Crippen LogP) is 2.93. The van der Waals surface area contributed by atoms with Crippen LogP contribution in [0, 0.1) is 0 Å². The average Bonchev–Trinajstić information content (AvgIpc) is 2.95. The van der Waals surface area contributed by atoms with Crippen LogP contribution in [0.1, 0.15) is 38.9 Å². The fourth-order valence-corrected chi connectivity index (χ4v) is 2.42. The molecule has 21 heavy (non-hydrogen) atoms. The second-order valence-corrected chi connectivity index (χ2v) is 6.48. The highest BCUT2D eigenvalue weighted by Crippen LogP contribution is 2.29. The molecule has 0 radical (unpaired) electrons. The highest BCUT2D eigenvalue weighted by atomic mass is 16.6. The first-order valence-electron chi connectivity index (χ1n) is 7.61. The van der Waals surface area contributed by atoms with Crippen molar-refractivity contribution in [2.75, 3.05) is 26.9 Å². The molecule has 0 aliphatic carbocycles. The summed E-state index contributed by atoms with van der Waals surface area (Å²) in [6.45, 7) is 8.69. The molecular formula is C17H27NO3. The zero-order valence-corrected chi connectivity index (χ0v) is 13.5. The number of ether oxygens (including phenoxy) is 3. The second-order valence-electron chi connectivity index (χ2n) is 6.48. The SMILES string of the molecule is COc1ccccc1C(CNC(C)(C)C)OC1CCOC1. The van der Waals surface area contributed by atoms with E-state index in [1.807, 2.05) is 18.2 Å². The van der Waals surface area contributed by atoms with Crippen LogP contribution in [0.2, 0.25) is 0 Å². The summed E-state index contributed by atoms with van der Waals surface area (Å²) in [5.74, 6) is 0.872. The molecule has 0 amide bonds. The van der Waals surface area contributed by atoms with Crippen molar-refractivity contribution in [3.05, 3.63) is 29.8 Å². The Hall–Kier alpha value is -1.10. The van der Waals surface area contributed by atoms with Gasteiger partial charge in [-0.05, 0) is 33.3 Å². The van der Waals surface area contributed by atoms with E-state index in [2.05, 4.69) is 32.2 Å². The molecule has 1 N–H and O–H groups in total. The maximum atomic E-state index is 6.27. The summed E-state index contributed by atoms with van der Waals surface area (Å²) < 4.78 is 17.2. The smallest absolute Gasteiger partial charge is 0.124 e. The molecule has 1 aliphatic rings. The first-order chi connectivity index (χ1) is 9.99. The molecule has 4 heteroatoms. The van der Waals surface area contributed by atoms with Gasteiger partial charge in [-0.3, -0.25) is 0 Å². The summed E-state index contributed by atoms with van der Waals surface area (Å²) in [6, 6.07) is 8.06. The van der Waals surface area contributed by atoms with Crippen molar-refractivity contribution < 1.29 is 14.2 Å². The molecule has 1 aliphatic heterocycles. The van der Waals surface area contributed by atoms with Crippen LogP contribution >= 0.6 is 0 Å². The Morgan fingerprint density at radius 3 is 2.71 bits per heavy atom. The van der Waals surface area contributed by atoms with Gasteiger partial charge >= 0.3 is 0 Å². The summed E-state index contributed by atoms with van der Waals surface area (Å²) in [5.41, 5.74) is 1.14. The van der Waals surface area contributed by atoms with Crippen molar-refractivity contribution in [3.63, 3.8) is 0 Å². The van der Waals surface area contributed by atoms with Crippen LogP contribution in [-0.4, -0.2) is 38.5 Å². The number of nitrogens with one attached hydrogen (secondary N) is 1. The maximum Gasteiger partial charge on any atom is 0.124 e. The molecule has 1 aromatic carbocycles. The summed E-state index contributed by atoms with van der Waals surface area (Å²) in [7, 11) is 1.70. The molecule has 1 saturated heterocycles. The Kier molecular flexibility index (Phi) is 5.62. The molecular weight excluding hydrogens is 266 g/mol. The molecule has 0 spiro atoms. The predicted molar refractivity (Wildman–Crippen MR) is 83.8 cm³/mol. The minimum absolute atomic E-state index is 0.0351. The third-order valence-corrected chi connectivity index (χ3v) is 3.55. The van der Waals surface area contributed by atoms with E-state index in [0.717, 1.165) is 30.9 Å². The lowest BCUT2D eigenvalue weighted by Crippen LogP contribution is -2.39. The molecule has 118 valence electrons. The van der Waals surface area contributed by atoms with Crippen LogP contribution in [0.15, 0.2) is 24.3 Å². The third kappa shape index (κ3) is 4.99. The Labute approximate surface area is 127 Å². The lowest BCUT2D eigenvalue weighted by Gasteiger charge is -2.28. The fourth-order valence-electron chi connectivity index (χ4n) is 2.42. The first kappa shape index (κ1) is 16.3. The number of benzene rings is 1. The van der Waals surface area contributed by atoms with Crippen molar-refractivity contribution in [1.29, 1.82) is 0 Å². The van der Waals surface area contributed by atoms with Gasteiger partial charge in [0.1, 0.15) is 5.75 Å². The number of para-hydroxylation sites is 1. The van der Waals surface area contributed by atoms with E-state index in [-0.39, 0.29) is 17.7 Å². The topological polar surface area (TPSA) is 39.7 Å². The third-order valence-electron chi connectivity index (χ3n) is 3.55. The number of hydrogen-bond acceptors (Lipinski definition) is 4. The van der Waals surface area contributed by atoms with Crippen LogP contribution in [0.5, 0.6) is 5.75 Å². The number of rotatable bonds is 6. The van der Waals surface area contributed by atoms with Gasteiger partial charge in [0, 0.05) is 24.3 Å². The first-order valence-corrected chi connectivity index (χ1v) is 7.61. The Balaban J connectivity index is 2.13. The highest BCUT2D eigenvalue weighted by molar-refractivity contribution is 5.35. The molecule has 2 rings (SSSR count). The summed E-state index contributed by atoms with van der Waals surface area (Å²) in [6.07, 6.45) is 1.09. The van der Waals surface area contributed by atoms with Crippen molar-refractivity contribution >= 4 is 0 Å². The second kappa shape index (κ2) is 7.25. The number of methoxy groups -OCH3 is 1. The van der Waals surface area contributed by atoms with Gasteiger partial charge in [0.15, 0.2) is 0 Å². The van der Waals surface area contributed by atoms with E-state index in [1.54, 1.807) is 7.11 Å². The summed E-state index contributed by atoms with van der Waals surface area (Å²) in [4.78, 5) is 0. The van der Waals surface area contributed by atoms with Gasteiger partial charge in [-0.15, -0.1) is 0 Å². The molecule has 1 heterocycles. The van der Waals surface area contributed by atoms with E-state index in [4.69, 9.17) is 14.2 Å². The van der Waals surface area contributed by atoms with Gasteiger partial charge in [0.25, 0.3) is 0 Å². The van der Waals surface area contributed by atoms with Crippen molar-refractivity contribution in [2.24, 2.45) is 0 Å². The fraction of sp³-hybridized carbons (Fsp3) is 0.647. The zero-order chi connectivity index (χ0) is 15.3. The lowest BCUT2D eigenvalue weighted by atomic mass is 10.0. The average molecular weight is 293 g/mol. The van der Waals surface area contributed by atoms with Gasteiger partial charge in [-0.2, -0.15) is 0 Å². The molecule has 0 saturated carbocycles. The van der Waals surface area contributed by atoms with Crippen LogP contribution in [0.3, 0.4) is 0 Å². The number of hydrogen-bond donors (Lipinski definition) is 1. The molecule has 2 unspecified atom stereocenters. The van der Waals surface area contributed by atoms with Gasteiger partial charge in [-0.25, -0.2) is 0 Å². The minimum atomic E-state index is -0.0351. The largest absolute Gasteiger partial charge is 0.496 e. The quantitative estimate of drug-likeness (QED) is 0.875. The molecule has 1 fully saturated rings. The Bertz CT molecular complexity index is 436. The molecule has 0 aromatic heterocycles. The van der Waals surface area contributed by atoms with Gasteiger partial charge in [0.05, 0.1) is 25.9 Å². The molecule has 1 aromatic rings. The minimum Gasteiger partial charge on any atom is -0.496 e. The van der Waals surface area contributed by atoms with E-state index in [0.29, 0.717) is 6.61 Å². The van der Waals surface area contributed by atoms with E-state index in [1.165, 1.54) is 0 Å². The lowest BCUT2D eigenvalue weighted by molar-refractivity contribution is -0.0197. The van der Waals surface area contributed by atoms with E-state index >= 15 is 0 Å². The van der Waals surface area contributed by atoms with Crippen LogP contribution in [0.4, 0.5) is 0 Å². The van der Waals surface area contributed by atoms with Gasteiger partial charge in [0.2, 0.25) is 0 Å². The van der Waals surface area contributed by atoms with Crippen molar-refractivity contribution in [3.8, 4) is 5.75 Å². The van der Waals surface area contributed by atoms with Gasteiger partial charge in [-0.1, -0.05) is 18.2 Å². The maximum absolute atomic E-state index is 6.27. The summed E-state index contributed by atoms with van der Waals surface area (Å²) >= 11 is 0. The molecule has 4 nitrogen and oxygen atoms in total. The standard InChI is InChI=1S/C17H27NO3/c1-17(2,3)18-11-16(21-13-9-10-20-12-13)14-7-5-6-8-15(14)19-4/h5-8,13,16,18H,9-12H2,1-4H3. The van der Waals surface area contributed by atoms with Crippen LogP contribution in [0.25, 0.3) is 0 Å². The van der Waals surface area contributed by atoms with E-state index in [9.17, 15) is 0 Å². The van der Waals surface area contributed by atoms with Crippen molar-refractivity contribution in [1.82, 2.24) is 5.32 Å². The Morgan fingerprint density at radius 2 is 2.10 bits per heavy atom. The van der Waals surface area contributed by atoms with E-state index < -0.39 is 0 Å². The normalized spacial score (nSPS) is 20.5. The Morgan fingerprint density at radius 1 is 1.33 bits per heavy atom. The monoisotopic (exact) mass is 293 g/mol. The summed E-state index contributed by atoms with van der Waals surface area (Å²) in [5, 5.41) is 3.52. The van der Waals surface area contributed by atoms with Crippen LogP contribution < -0.4 is 10.1 Å². The van der Waals surface area contributed by atoms with Crippen molar-refractivity contribution in [2.45, 2.75) is 44.9 Å². The molecule has 2 atom stereocenters. The highest BCUT2D eigenvalue weighted by Gasteiger charge is 2.25.